The quantitative estimate of drug-likeness (QED) is 0.160. The maximum absolute atomic E-state index is 16.3. The predicted molar refractivity (Wildman–Crippen MR) is 214 cm³/mol. The molecule has 3 aliphatic rings. The third-order valence-electron chi connectivity index (χ3n) is 11.7. The zero-order chi connectivity index (χ0) is 40.9. The summed E-state index contributed by atoms with van der Waals surface area (Å²) in [4.78, 5) is 39.8. The SMILES string of the molecule is CC(C)N1CCC(c2cc3c(N[C@H](C)c4cccc(C(F)(F)C5CCN(C(=O)OC(C)(C)C)CC5)c4F)ncnc3n(CCCCCCC3OCCO3)c2=O)CC1. The number of anilines is 1. The summed E-state index contributed by atoms with van der Waals surface area (Å²) in [7, 11) is 0. The lowest BCUT2D eigenvalue weighted by molar-refractivity contribution is -0.0885. The van der Waals surface area contributed by atoms with Crippen molar-refractivity contribution in [1.29, 1.82) is 0 Å². The maximum Gasteiger partial charge on any atom is 0.410 e. The minimum absolute atomic E-state index is 0.0154. The number of aryl methyl sites for hydroxylation is 1. The first kappa shape index (κ1) is 42.8. The van der Waals surface area contributed by atoms with Crippen LogP contribution in [0.3, 0.4) is 0 Å². The molecule has 1 aromatic carbocycles. The standard InChI is InChI=1S/C43H61F3N6O5/c1-28(2)50-20-15-30(16-21-50)33-26-34-38(47-27-48-39(34)52(40(33)53)19-10-8-7-9-14-36-55-24-25-56-36)49-29(3)32-12-11-13-35(37(32)44)43(45,46)31-17-22-51(23-18-31)41(54)57-42(4,5)6/h11-13,26-31,36H,7-10,14-25H2,1-6H3,(H,47,48,49)/t29-/m1/s1. The number of fused-ring (bicyclic) bond motifs is 1. The molecule has 11 nitrogen and oxygen atoms in total. The molecule has 1 atom stereocenters. The molecular formula is C43H61F3N6O5. The molecule has 3 fully saturated rings. The molecule has 1 N–H and O–H groups in total. The molecule has 1 amide bonds. The van der Waals surface area contributed by atoms with Crippen molar-refractivity contribution >= 4 is 22.9 Å². The van der Waals surface area contributed by atoms with Crippen LogP contribution in [-0.4, -0.2) is 87.8 Å². The molecule has 3 aliphatic heterocycles. The van der Waals surface area contributed by atoms with Gasteiger partial charge >= 0.3 is 6.09 Å². The van der Waals surface area contributed by atoms with E-state index in [2.05, 4.69) is 34.0 Å². The Morgan fingerprint density at radius 3 is 2.32 bits per heavy atom. The lowest BCUT2D eigenvalue weighted by atomic mass is 9.85. The van der Waals surface area contributed by atoms with Gasteiger partial charge in [-0.25, -0.2) is 27.9 Å². The molecule has 0 aliphatic carbocycles. The summed E-state index contributed by atoms with van der Waals surface area (Å²) in [5, 5.41) is 3.94. The number of nitrogens with zero attached hydrogens (tertiary/aromatic N) is 5. The first-order chi connectivity index (χ1) is 27.1. The van der Waals surface area contributed by atoms with Crippen molar-refractivity contribution in [3.05, 3.63) is 63.5 Å². The van der Waals surface area contributed by atoms with E-state index in [4.69, 9.17) is 14.2 Å². The zero-order valence-electron chi connectivity index (χ0n) is 34.5. The Bertz CT molecular complexity index is 1880. The first-order valence-corrected chi connectivity index (χ1v) is 20.9. The van der Waals surface area contributed by atoms with Crippen molar-refractivity contribution in [1.82, 2.24) is 24.3 Å². The van der Waals surface area contributed by atoms with Crippen LogP contribution in [0.15, 0.2) is 35.4 Å². The van der Waals surface area contributed by atoms with Gasteiger partial charge in [0, 0.05) is 42.7 Å². The molecule has 0 bridgehead atoms. The van der Waals surface area contributed by atoms with Gasteiger partial charge in [0.15, 0.2) is 6.29 Å². The highest BCUT2D eigenvalue weighted by Crippen LogP contribution is 2.44. The highest BCUT2D eigenvalue weighted by atomic mass is 19.3. The summed E-state index contributed by atoms with van der Waals surface area (Å²) < 4.78 is 66.9. The maximum atomic E-state index is 16.3. The van der Waals surface area contributed by atoms with E-state index in [1.54, 1.807) is 32.3 Å². The predicted octanol–water partition coefficient (Wildman–Crippen LogP) is 8.75. The minimum Gasteiger partial charge on any atom is -0.444 e. The highest BCUT2D eigenvalue weighted by Gasteiger charge is 2.46. The van der Waals surface area contributed by atoms with Crippen LogP contribution >= 0.6 is 0 Å². The molecule has 3 aromatic rings. The average molecular weight is 799 g/mol. The van der Waals surface area contributed by atoms with Crippen LogP contribution in [0.4, 0.5) is 23.8 Å². The van der Waals surface area contributed by atoms with Gasteiger partial charge in [0.2, 0.25) is 0 Å². The van der Waals surface area contributed by atoms with E-state index in [-0.39, 0.29) is 49.3 Å². The second-order valence-corrected chi connectivity index (χ2v) is 17.2. The molecule has 57 heavy (non-hydrogen) atoms. The van der Waals surface area contributed by atoms with Gasteiger partial charge in [0.05, 0.1) is 30.2 Å². The van der Waals surface area contributed by atoms with Gasteiger partial charge in [0.1, 0.15) is 29.2 Å². The van der Waals surface area contributed by atoms with E-state index in [0.29, 0.717) is 42.7 Å². The van der Waals surface area contributed by atoms with E-state index in [9.17, 15) is 9.59 Å². The molecule has 2 aromatic heterocycles. The van der Waals surface area contributed by atoms with Crippen molar-refractivity contribution in [2.45, 2.75) is 142 Å². The molecule has 14 heteroatoms. The number of benzene rings is 1. The number of piperidine rings is 2. The number of carbonyl (C=O) groups is 1. The van der Waals surface area contributed by atoms with Crippen LogP contribution in [0.5, 0.6) is 0 Å². The van der Waals surface area contributed by atoms with Gasteiger partial charge in [-0.2, -0.15) is 0 Å². The van der Waals surface area contributed by atoms with Crippen LogP contribution in [0.25, 0.3) is 11.0 Å². The van der Waals surface area contributed by atoms with Gasteiger partial charge < -0.3 is 29.3 Å². The molecule has 0 spiro atoms. The Labute approximate surface area is 334 Å². The number of hydrogen-bond acceptors (Lipinski definition) is 9. The zero-order valence-corrected chi connectivity index (χ0v) is 34.5. The van der Waals surface area contributed by atoms with Crippen LogP contribution in [0.2, 0.25) is 0 Å². The molecular weight excluding hydrogens is 738 g/mol. The summed E-state index contributed by atoms with van der Waals surface area (Å²) in [6.45, 7) is 15.1. The number of amides is 1. The van der Waals surface area contributed by atoms with Gasteiger partial charge in [-0.15, -0.1) is 0 Å². The van der Waals surface area contributed by atoms with E-state index in [1.165, 1.54) is 23.4 Å². The number of likely N-dealkylation sites (tertiary alicyclic amines) is 2. The van der Waals surface area contributed by atoms with Crippen LogP contribution in [0.1, 0.15) is 128 Å². The number of rotatable bonds is 14. The highest BCUT2D eigenvalue weighted by molar-refractivity contribution is 5.87. The van der Waals surface area contributed by atoms with Crippen molar-refractivity contribution in [2.75, 3.05) is 44.7 Å². The number of ether oxygens (including phenoxy) is 3. The third kappa shape index (κ3) is 10.3. The number of halogens is 3. The molecule has 314 valence electrons. The normalized spacial score (nSPS) is 18.8. The van der Waals surface area contributed by atoms with E-state index in [1.807, 2.05) is 6.07 Å². The smallest absolute Gasteiger partial charge is 0.410 e. The summed E-state index contributed by atoms with van der Waals surface area (Å²) in [6.07, 6.45) is 6.98. The molecule has 3 saturated heterocycles. The number of unbranched alkanes of at least 4 members (excludes halogenated alkanes) is 3. The lowest BCUT2D eigenvalue weighted by Gasteiger charge is -2.37. The summed E-state index contributed by atoms with van der Waals surface area (Å²) in [5.41, 5.74) is -0.123. The van der Waals surface area contributed by atoms with E-state index in [0.717, 1.165) is 69.7 Å². The Morgan fingerprint density at radius 1 is 0.965 bits per heavy atom. The fraction of sp³-hybridized carbons (Fsp3) is 0.674. The number of pyridine rings is 1. The Kier molecular flexibility index (Phi) is 13.9. The molecule has 6 rings (SSSR count). The molecule has 5 heterocycles. The Morgan fingerprint density at radius 2 is 1.65 bits per heavy atom. The number of hydrogen-bond donors (Lipinski definition) is 1. The largest absolute Gasteiger partial charge is 0.444 e. The number of alkyl halides is 2. The lowest BCUT2D eigenvalue weighted by Crippen LogP contribution is -2.44. The van der Waals surface area contributed by atoms with E-state index >= 15 is 13.2 Å². The van der Waals surface area contributed by atoms with Crippen molar-refractivity contribution in [2.24, 2.45) is 5.92 Å². The third-order valence-corrected chi connectivity index (χ3v) is 11.7. The fourth-order valence-electron chi connectivity index (χ4n) is 8.45. The summed E-state index contributed by atoms with van der Waals surface area (Å²) in [5.74, 6) is -5.11. The van der Waals surface area contributed by atoms with Gasteiger partial charge in [-0.05, 0) is 112 Å². The Hall–Kier alpha value is -3.75. The van der Waals surface area contributed by atoms with Gasteiger partial charge in [0.25, 0.3) is 11.5 Å². The van der Waals surface area contributed by atoms with Gasteiger partial charge in [-0.1, -0.05) is 31.0 Å². The van der Waals surface area contributed by atoms with Crippen LogP contribution in [0, 0.1) is 11.7 Å². The van der Waals surface area contributed by atoms with Crippen LogP contribution < -0.4 is 10.9 Å². The Balaban J connectivity index is 1.22. The van der Waals surface area contributed by atoms with E-state index < -0.39 is 41.0 Å². The monoisotopic (exact) mass is 798 g/mol. The fourth-order valence-corrected chi connectivity index (χ4v) is 8.45. The second kappa shape index (κ2) is 18.4. The topological polar surface area (TPSA) is 111 Å². The summed E-state index contributed by atoms with van der Waals surface area (Å²) in [6, 6.07) is 5.69. The minimum atomic E-state index is -3.46. The summed E-state index contributed by atoms with van der Waals surface area (Å²) >= 11 is 0. The van der Waals surface area contributed by atoms with Gasteiger partial charge in [-0.3, -0.25) is 9.36 Å². The number of carbonyl (C=O) groups excluding carboxylic acids is 1. The first-order valence-electron chi connectivity index (χ1n) is 20.9. The van der Waals surface area contributed by atoms with Crippen molar-refractivity contribution < 1.29 is 32.2 Å². The number of nitrogens with one attached hydrogen (secondary N) is 1. The number of aromatic nitrogens is 3. The van der Waals surface area contributed by atoms with Crippen LogP contribution in [-0.2, 0) is 26.7 Å². The van der Waals surface area contributed by atoms with Crippen molar-refractivity contribution in [3.8, 4) is 0 Å². The average Bonchev–Trinajstić information content (AvgIpc) is 3.70. The molecule has 0 unspecified atom stereocenters. The second-order valence-electron chi connectivity index (χ2n) is 17.2. The molecule has 0 saturated carbocycles. The molecule has 0 radical (unpaired) electrons. The van der Waals surface area contributed by atoms with Crippen molar-refractivity contribution in [3.63, 3.8) is 0 Å².